The summed E-state index contributed by atoms with van der Waals surface area (Å²) < 4.78 is 4.99. The van der Waals surface area contributed by atoms with Crippen LogP contribution in [0.5, 0.6) is 0 Å². The summed E-state index contributed by atoms with van der Waals surface area (Å²) in [6.45, 7) is 9.53. The average molecular weight is 266 g/mol. The molecule has 0 aromatic carbocycles. The number of hydrogen-bond acceptors (Lipinski definition) is 3. The number of aromatic nitrogens is 1. The maximum absolute atomic E-state index is 12.1. The normalized spacial score (nSPS) is 12.1. The third kappa shape index (κ3) is 3.36. The lowest BCUT2D eigenvalue weighted by molar-refractivity contribution is 0.0525. The van der Waals surface area contributed by atoms with Crippen molar-refractivity contribution in [2.24, 2.45) is 0 Å². The Labute approximate surface area is 113 Å². The molecule has 0 bridgehead atoms. The van der Waals surface area contributed by atoms with E-state index in [2.05, 4.69) is 10.3 Å². The fraction of sp³-hybridized carbons (Fsp3) is 0.571. The van der Waals surface area contributed by atoms with Gasteiger partial charge in [-0.25, -0.2) is 4.79 Å². The average Bonchev–Trinajstić information content (AvgIpc) is 2.65. The minimum absolute atomic E-state index is 0.0987. The zero-order valence-corrected chi connectivity index (χ0v) is 12.2. The van der Waals surface area contributed by atoms with Gasteiger partial charge in [0.15, 0.2) is 0 Å². The van der Waals surface area contributed by atoms with Crippen molar-refractivity contribution in [2.45, 2.75) is 47.1 Å². The molecule has 1 aromatic rings. The number of nitrogens with one attached hydrogen (secondary N) is 2. The highest BCUT2D eigenvalue weighted by molar-refractivity contribution is 6.00. The SMILES string of the molecule is CCOC(=O)c1c(C)[nH]c(C(=O)NC(C)CC)c1C. The third-order valence-corrected chi connectivity index (χ3v) is 3.13. The number of carbonyl (C=O) groups is 2. The Morgan fingerprint density at radius 2 is 1.95 bits per heavy atom. The van der Waals surface area contributed by atoms with E-state index >= 15 is 0 Å². The zero-order chi connectivity index (χ0) is 14.6. The predicted octanol–water partition coefficient (Wildman–Crippen LogP) is 2.34. The summed E-state index contributed by atoms with van der Waals surface area (Å²) in [6.07, 6.45) is 0.856. The van der Waals surface area contributed by atoms with Crippen LogP contribution in [0.4, 0.5) is 0 Å². The number of esters is 1. The molecule has 106 valence electrons. The van der Waals surface area contributed by atoms with E-state index in [1.807, 2.05) is 13.8 Å². The summed E-state index contributed by atoms with van der Waals surface area (Å²) in [6, 6.07) is 0.0987. The molecule has 1 atom stereocenters. The summed E-state index contributed by atoms with van der Waals surface area (Å²) >= 11 is 0. The molecule has 5 nitrogen and oxygen atoms in total. The maximum atomic E-state index is 12.1. The van der Waals surface area contributed by atoms with Gasteiger partial charge >= 0.3 is 5.97 Å². The molecule has 1 aromatic heterocycles. The lowest BCUT2D eigenvalue weighted by Crippen LogP contribution is -2.32. The molecule has 0 fully saturated rings. The van der Waals surface area contributed by atoms with Crippen molar-refractivity contribution in [1.82, 2.24) is 10.3 Å². The topological polar surface area (TPSA) is 71.2 Å². The number of hydrogen-bond donors (Lipinski definition) is 2. The third-order valence-electron chi connectivity index (χ3n) is 3.13. The quantitative estimate of drug-likeness (QED) is 0.803. The van der Waals surface area contributed by atoms with Gasteiger partial charge in [-0.05, 0) is 39.7 Å². The number of carbonyl (C=O) groups excluding carboxylic acids is 2. The molecule has 0 spiro atoms. The molecule has 1 rings (SSSR count). The van der Waals surface area contributed by atoms with Crippen LogP contribution in [-0.2, 0) is 4.74 Å². The molecule has 1 unspecified atom stereocenters. The van der Waals surface area contributed by atoms with Gasteiger partial charge in [-0.15, -0.1) is 0 Å². The lowest BCUT2D eigenvalue weighted by Gasteiger charge is -2.10. The Morgan fingerprint density at radius 1 is 1.32 bits per heavy atom. The molecule has 2 N–H and O–H groups in total. The first-order chi connectivity index (χ1) is 8.92. The van der Waals surface area contributed by atoms with Crippen LogP contribution in [0.3, 0.4) is 0 Å². The van der Waals surface area contributed by atoms with Gasteiger partial charge in [0.1, 0.15) is 5.69 Å². The smallest absolute Gasteiger partial charge is 0.340 e. The molecule has 0 saturated heterocycles. The van der Waals surface area contributed by atoms with Crippen molar-refractivity contribution in [1.29, 1.82) is 0 Å². The molecule has 1 amide bonds. The molecule has 0 aliphatic rings. The summed E-state index contributed by atoms with van der Waals surface area (Å²) in [5.41, 5.74) is 2.18. The van der Waals surface area contributed by atoms with E-state index in [0.29, 0.717) is 29.1 Å². The Bertz CT molecular complexity index is 477. The largest absolute Gasteiger partial charge is 0.462 e. The van der Waals surface area contributed by atoms with Crippen LogP contribution in [0.25, 0.3) is 0 Å². The zero-order valence-electron chi connectivity index (χ0n) is 12.2. The van der Waals surface area contributed by atoms with E-state index in [4.69, 9.17) is 4.74 Å². The van der Waals surface area contributed by atoms with Gasteiger partial charge in [0.25, 0.3) is 5.91 Å². The first-order valence-electron chi connectivity index (χ1n) is 6.59. The fourth-order valence-electron chi connectivity index (χ4n) is 1.88. The number of amides is 1. The number of aryl methyl sites for hydroxylation is 1. The lowest BCUT2D eigenvalue weighted by atomic mass is 10.1. The number of H-pyrrole nitrogens is 1. The molecular formula is C14H22N2O3. The monoisotopic (exact) mass is 266 g/mol. The fourth-order valence-corrected chi connectivity index (χ4v) is 1.88. The van der Waals surface area contributed by atoms with Crippen LogP contribution in [-0.4, -0.2) is 29.5 Å². The van der Waals surface area contributed by atoms with E-state index in [0.717, 1.165) is 6.42 Å². The van der Waals surface area contributed by atoms with E-state index < -0.39 is 5.97 Å². The van der Waals surface area contributed by atoms with Gasteiger partial charge < -0.3 is 15.0 Å². The summed E-state index contributed by atoms with van der Waals surface area (Å²) in [4.78, 5) is 26.9. The van der Waals surface area contributed by atoms with Crippen LogP contribution in [0.1, 0.15) is 59.3 Å². The Kier molecular flexibility index (Phi) is 5.15. The van der Waals surface area contributed by atoms with Gasteiger partial charge in [0, 0.05) is 11.7 Å². The maximum Gasteiger partial charge on any atom is 0.340 e. The second-order valence-corrected chi connectivity index (χ2v) is 4.63. The Morgan fingerprint density at radius 3 is 2.47 bits per heavy atom. The second kappa shape index (κ2) is 6.41. The van der Waals surface area contributed by atoms with E-state index in [1.54, 1.807) is 20.8 Å². The van der Waals surface area contributed by atoms with Crippen molar-refractivity contribution in [3.05, 3.63) is 22.5 Å². The minimum atomic E-state index is -0.392. The highest BCUT2D eigenvalue weighted by Crippen LogP contribution is 2.19. The van der Waals surface area contributed by atoms with Gasteiger partial charge in [0.05, 0.1) is 12.2 Å². The van der Waals surface area contributed by atoms with Crippen molar-refractivity contribution < 1.29 is 14.3 Å². The highest BCUT2D eigenvalue weighted by Gasteiger charge is 2.23. The Hall–Kier alpha value is -1.78. The van der Waals surface area contributed by atoms with E-state index in [9.17, 15) is 9.59 Å². The first-order valence-corrected chi connectivity index (χ1v) is 6.59. The van der Waals surface area contributed by atoms with Crippen LogP contribution in [0.2, 0.25) is 0 Å². The molecular weight excluding hydrogens is 244 g/mol. The molecule has 5 heteroatoms. The van der Waals surface area contributed by atoms with Crippen LogP contribution >= 0.6 is 0 Å². The molecule has 1 heterocycles. The van der Waals surface area contributed by atoms with Gasteiger partial charge in [-0.3, -0.25) is 4.79 Å². The van der Waals surface area contributed by atoms with Crippen molar-refractivity contribution in [3.63, 3.8) is 0 Å². The van der Waals surface area contributed by atoms with Crippen molar-refractivity contribution >= 4 is 11.9 Å². The number of ether oxygens (including phenoxy) is 1. The van der Waals surface area contributed by atoms with Crippen LogP contribution in [0.15, 0.2) is 0 Å². The van der Waals surface area contributed by atoms with Gasteiger partial charge in [0.2, 0.25) is 0 Å². The standard InChI is InChI=1S/C14H22N2O3/c1-6-8(3)15-13(17)12-9(4)11(10(5)16-12)14(18)19-7-2/h8,16H,6-7H2,1-5H3,(H,15,17). The summed E-state index contributed by atoms with van der Waals surface area (Å²) in [5.74, 6) is -0.582. The molecule has 19 heavy (non-hydrogen) atoms. The molecule has 0 aliphatic carbocycles. The van der Waals surface area contributed by atoms with Crippen molar-refractivity contribution in [2.75, 3.05) is 6.61 Å². The van der Waals surface area contributed by atoms with E-state index in [1.165, 1.54) is 0 Å². The molecule has 0 radical (unpaired) electrons. The number of rotatable bonds is 5. The predicted molar refractivity (Wildman–Crippen MR) is 73.4 cm³/mol. The minimum Gasteiger partial charge on any atom is -0.462 e. The second-order valence-electron chi connectivity index (χ2n) is 4.63. The Balaban J connectivity index is 3.02. The molecule has 0 aliphatic heterocycles. The van der Waals surface area contributed by atoms with Crippen LogP contribution < -0.4 is 5.32 Å². The van der Waals surface area contributed by atoms with Gasteiger partial charge in [-0.1, -0.05) is 6.92 Å². The highest BCUT2D eigenvalue weighted by atomic mass is 16.5. The first kappa shape index (κ1) is 15.3. The molecule has 0 saturated carbocycles. The summed E-state index contributed by atoms with van der Waals surface area (Å²) in [7, 11) is 0. The summed E-state index contributed by atoms with van der Waals surface area (Å²) in [5, 5.41) is 2.88. The van der Waals surface area contributed by atoms with Gasteiger partial charge in [-0.2, -0.15) is 0 Å². The number of aromatic amines is 1. The van der Waals surface area contributed by atoms with Crippen LogP contribution in [0, 0.1) is 13.8 Å². The van der Waals surface area contributed by atoms with Crippen molar-refractivity contribution in [3.8, 4) is 0 Å². The van der Waals surface area contributed by atoms with E-state index in [-0.39, 0.29) is 11.9 Å².